The van der Waals surface area contributed by atoms with Crippen molar-refractivity contribution < 1.29 is 23.9 Å². The number of ether oxygens (including phenoxy) is 2. The van der Waals surface area contributed by atoms with Gasteiger partial charge < -0.3 is 19.1 Å². The van der Waals surface area contributed by atoms with Crippen molar-refractivity contribution in [1.29, 1.82) is 0 Å². The molecule has 0 amide bonds. The SMILES string of the molecule is COC=C(C(=O)OC)c1ccccc1C(C)ON=CC(C=C(C)C)=NOC. The molecule has 1 aromatic carbocycles. The van der Waals surface area contributed by atoms with Gasteiger partial charge in [-0.2, -0.15) is 0 Å². The van der Waals surface area contributed by atoms with E-state index in [-0.39, 0.29) is 0 Å². The minimum atomic E-state index is -0.502. The molecule has 1 unspecified atom stereocenters. The maximum absolute atomic E-state index is 12.1. The van der Waals surface area contributed by atoms with Crippen LogP contribution >= 0.6 is 0 Å². The summed E-state index contributed by atoms with van der Waals surface area (Å²) in [6.45, 7) is 5.70. The summed E-state index contributed by atoms with van der Waals surface area (Å²) in [5, 5.41) is 7.85. The normalized spacial score (nSPS) is 13.1. The zero-order valence-corrected chi connectivity index (χ0v) is 16.6. The Labute approximate surface area is 159 Å². The molecule has 7 heteroatoms. The minimum absolute atomic E-state index is 0.293. The molecular weight excluding hydrogens is 348 g/mol. The first-order valence-electron chi connectivity index (χ1n) is 8.30. The van der Waals surface area contributed by atoms with E-state index in [1.54, 1.807) is 6.07 Å². The lowest BCUT2D eigenvalue weighted by atomic mass is 9.97. The van der Waals surface area contributed by atoms with E-state index in [0.29, 0.717) is 16.8 Å². The Balaban J connectivity index is 3.08. The van der Waals surface area contributed by atoms with E-state index in [1.165, 1.54) is 33.8 Å². The molecule has 7 nitrogen and oxygen atoms in total. The van der Waals surface area contributed by atoms with Gasteiger partial charge in [0.05, 0.1) is 26.7 Å². The average molecular weight is 374 g/mol. The highest BCUT2D eigenvalue weighted by atomic mass is 16.6. The largest absolute Gasteiger partial charge is 0.503 e. The topological polar surface area (TPSA) is 78.7 Å². The Hall–Kier alpha value is -3.09. The second-order valence-electron chi connectivity index (χ2n) is 5.75. The van der Waals surface area contributed by atoms with Crippen LogP contribution in [0.1, 0.15) is 38.0 Å². The van der Waals surface area contributed by atoms with Crippen LogP contribution in [0.3, 0.4) is 0 Å². The van der Waals surface area contributed by atoms with Gasteiger partial charge in [0.15, 0.2) is 0 Å². The predicted molar refractivity (Wildman–Crippen MR) is 105 cm³/mol. The van der Waals surface area contributed by atoms with E-state index in [1.807, 2.05) is 45.0 Å². The molecule has 0 aromatic heterocycles. The molecule has 0 saturated heterocycles. The number of nitrogens with zero attached hydrogens (tertiary/aromatic N) is 2. The fourth-order valence-electron chi connectivity index (χ4n) is 2.27. The van der Waals surface area contributed by atoms with Crippen molar-refractivity contribution >= 4 is 23.5 Å². The summed E-state index contributed by atoms with van der Waals surface area (Å²) < 4.78 is 9.86. The fourth-order valence-corrected chi connectivity index (χ4v) is 2.27. The van der Waals surface area contributed by atoms with Gasteiger partial charge >= 0.3 is 5.97 Å². The van der Waals surface area contributed by atoms with Crippen molar-refractivity contribution in [3.63, 3.8) is 0 Å². The zero-order valence-electron chi connectivity index (χ0n) is 16.6. The first-order valence-corrected chi connectivity index (χ1v) is 8.30. The summed E-state index contributed by atoms with van der Waals surface area (Å²) >= 11 is 0. The first kappa shape index (κ1) is 22.0. The maximum Gasteiger partial charge on any atom is 0.341 e. The third-order valence-electron chi connectivity index (χ3n) is 3.37. The molecule has 0 saturated carbocycles. The Morgan fingerprint density at radius 2 is 1.85 bits per heavy atom. The van der Waals surface area contributed by atoms with Crippen LogP contribution in [0.25, 0.3) is 5.57 Å². The molecule has 1 atom stereocenters. The van der Waals surface area contributed by atoms with Crippen molar-refractivity contribution in [2.24, 2.45) is 10.3 Å². The maximum atomic E-state index is 12.1. The number of hydrogen-bond acceptors (Lipinski definition) is 7. The molecule has 0 heterocycles. The molecule has 0 bridgehead atoms. The Morgan fingerprint density at radius 3 is 2.44 bits per heavy atom. The molecule has 0 aliphatic rings. The molecule has 0 fully saturated rings. The molecule has 0 N–H and O–H groups in total. The molecule has 0 spiro atoms. The standard InChI is InChI=1S/C20H26N2O5/c1-14(2)11-16(22-26-6)12-21-27-15(3)17-9-7-8-10-18(17)19(13-24-4)20(23)25-5/h7-13,15H,1-6H3. The number of carbonyl (C=O) groups excluding carboxylic acids is 1. The van der Waals surface area contributed by atoms with E-state index < -0.39 is 12.1 Å². The quantitative estimate of drug-likeness (QED) is 0.215. The monoisotopic (exact) mass is 374 g/mol. The number of carbonyl (C=O) groups is 1. The minimum Gasteiger partial charge on any atom is -0.503 e. The number of hydrogen-bond donors (Lipinski definition) is 0. The Bertz CT molecular complexity index is 746. The summed E-state index contributed by atoms with van der Waals surface area (Å²) in [6, 6.07) is 7.31. The molecule has 0 aliphatic carbocycles. The number of methoxy groups -OCH3 is 2. The number of esters is 1. The van der Waals surface area contributed by atoms with Crippen LogP contribution in [-0.4, -0.2) is 39.2 Å². The van der Waals surface area contributed by atoms with Crippen LogP contribution in [0, 0.1) is 0 Å². The summed E-state index contributed by atoms with van der Waals surface area (Å²) in [7, 11) is 4.25. The van der Waals surface area contributed by atoms with E-state index in [0.717, 1.165) is 11.1 Å². The lowest BCUT2D eigenvalue weighted by Crippen LogP contribution is -2.09. The van der Waals surface area contributed by atoms with Crippen LogP contribution < -0.4 is 0 Å². The Kier molecular flexibility index (Phi) is 9.36. The molecule has 0 radical (unpaired) electrons. The van der Waals surface area contributed by atoms with Crippen LogP contribution in [-0.2, 0) is 23.9 Å². The van der Waals surface area contributed by atoms with Gasteiger partial charge in [-0.1, -0.05) is 40.1 Å². The zero-order chi connectivity index (χ0) is 20.2. The molecule has 146 valence electrons. The number of allylic oxidation sites excluding steroid dienone is 2. The summed E-state index contributed by atoms with van der Waals surface area (Å²) in [6.07, 6.45) is 4.18. The second-order valence-corrected chi connectivity index (χ2v) is 5.75. The van der Waals surface area contributed by atoms with Crippen molar-refractivity contribution in [2.75, 3.05) is 21.3 Å². The second kappa shape index (κ2) is 11.5. The first-order chi connectivity index (χ1) is 12.9. The smallest absolute Gasteiger partial charge is 0.341 e. The molecule has 0 aliphatic heterocycles. The number of oxime groups is 2. The molecule has 27 heavy (non-hydrogen) atoms. The highest BCUT2D eigenvalue weighted by Gasteiger charge is 2.20. The highest BCUT2D eigenvalue weighted by molar-refractivity contribution is 6.35. The van der Waals surface area contributed by atoms with Crippen LogP contribution in [0.15, 0.2) is 52.5 Å². The number of rotatable bonds is 9. The van der Waals surface area contributed by atoms with Gasteiger partial charge in [-0.3, -0.25) is 0 Å². The molecular formula is C20H26N2O5. The third-order valence-corrected chi connectivity index (χ3v) is 3.37. The average Bonchev–Trinajstić information content (AvgIpc) is 2.65. The van der Waals surface area contributed by atoms with Gasteiger partial charge in [0, 0.05) is 5.56 Å². The van der Waals surface area contributed by atoms with Crippen molar-refractivity contribution in [3.05, 3.63) is 53.3 Å². The van der Waals surface area contributed by atoms with Gasteiger partial charge in [0.1, 0.15) is 24.5 Å². The van der Waals surface area contributed by atoms with Crippen molar-refractivity contribution in [2.45, 2.75) is 26.9 Å². The van der Waals surface area contributed by atoms with Crippen LogP contribution in [0.2, 0.25) is 0 Å². The van der Waals surface area contributed by atoms with Crippen molar-refractivity contribution in [1.82, 2.24) is 0 Å². The lowest BCUT2D eigenvalue weighted by Gasteiger charge is -2.16. The summed E-state index contributed by atoms with van der Waals surface area (Å²) in [5.41, 5.74) is 3.26. The highest BCUT2D eigenvalue weighted by Crippen LogP contribution is 2.27. The van der Waals surface area contributed by atoms with E-state index in [9.17, 15) is 4.79 Å². The van der Waals surface area contributed by atoms with E-state index >= 15 is 0 Å². The van der Waals surface area contributed by atoms with E-state index in [2.05, 4.69) is 10.3 Å². The van der Waals surface area contributed by atoms with Crippen molar-refractivity contribution in [3.8, 4) is 0 Å². The van der Waals surface area contributed by atoms with Gasteiger partial charge in [0.25, 0.3) is 0 Å². The predicted octanol–water partition coefficient (Wildman–Crippen LogP) is 3.88. The van der Waals surface area contributed by atoms with Gasteiger partial charge in [-0.15, -0.1) is 0 Å². The van der Waals surface area contributed by atoms with Gasteiger partial charge in [-0.25, -0.2) is 4.79 Å². The lowest BCUT2D eigenvalue weighted by molar-refractivity contribution is -0.133. The summed E-state index contributed by atoms with van der Waals surface area (Å²) in [5.74, 6) is -0.502. The van der Waals surface area contributed by atoms with E-state index in [4.69, 9.17) is 19.1 Å². The molecule has 1 aromatic rings. The third kappa shape index (κ3) is 6.97. The molecule has 1 rings (SSSR count). The number of benzene rings is 1. The van der Waals surface area contributed by atoms with Crippen LogP contribution in [0.5, 0.6) is 0 Å². The fraction of sp³-hybridized carbons (Fsp3) is 0.350. The Morgan fingerprint density at radius 1 is 1.15 bits per heavy atom. The van der Waals surface area contributed by atoms with Gasteiger partial charge in [0.2, 0.25) is 0 Å². The van der Waals surface area contributed by atoms with Gasteiger partial charge in [-0.05, 0) is 32.4 Å². The summed E-state index contributed by atoms with van der Waals surface area (Å²) in [4.78, 5) is 22.4. The van der Waals surface area contributed by atoms with Crippen LogP contribution in [0.4, 0.5) is 0 Å².